The van der Waals surface area contributed by atoms with Gasteiger partial charge in [0.05, 0.1) is 18.1 Å². The number of ether oxygens (including phenoxy) is 2. The standard InChI is InChI=1S/C40H26N6O2.Pd.Pt/c1-45(2)29-25-43-40(44-26-29)46-38-23-32(47-30-11-7-9-27(21-30)36-13-3-5-19-41-36)15-17-34(38)35-18-16-33(24-39(35)46)48-31-12-8-10-28(22-31)37-14-4-6-20-42-37;;/h3-20,25-26H,1-2H3;;/q-4;2*+2. The van der Waals surface area contributed by atoms with Gasteiger partial charge in [0.25, 0.3) is 0 Å². The van der Waals surface area contributed by atoms with Gasteiger partial charge in [0.15, 0.2) is 0 Å². The second-order valence-corrected chi connectivity index (χ2v) is 11.1. The zero-order valence-corrected chi connectivity index (χ0v) is 30.5. The molecular formula is C40H26N6O2PdPt. The van der Waals surface area contributed by atoms with Crippen molar-refractivity contribution in [2.75, 3.05) is 19.0 Å². The molecule has 8 rings (SSSR count). The smallest absolute Gasteiger partial charge is 0.503 e. The molecule has 0 bridgehead atoms. The molecule has 0 aliphatic rings. The van der Waals surface area contributed by atoms with Gasteiger partial charge in [0.1, 0.15) is 0 Å². The largest absolute Gasteiger partial charge is 2.00 e. The molecule has 0 unspecified atom stereocenters. The summed E-state index contributed by atoms with van der Waals surface area (Å²) in [6, 6.07) is 44.4. The summed E-state index contributed by atoms with van der Waals surface area (Å²) in [6.45, 7) is 0. The van der Waals surface area contributed by atoms with E-state index in [1.54, 1.807) is 24.8 Å². The summed E-state index contributed by atoms with van der Waals surface area (Å²) in [5.74, 6) is 2.60. The first kappa shape index (κ1) is 34.7. The second-order valence-electron chi connectivity index (χ2n) is 11.1. The molecule has 0 amide bonds. The Bertz CT molecular complexity index is 2240. The Hall–Kier alpha value is -5.19. The van der Waals surface area contributed by atoms with Crippen LogP contribution in [0.2, 0.25) is 0 Å². The van der Waals surface area contributed by atoms with Crippen molar-refractivity contribution in [2.24, 2.45) is 0 Å². The number of rotatable bonds is 8. The van der Waals surface area contributed by atoms with E-state index in [1.165, 1.54) is 0 Å². The van der Waals surface area contributed by atoms with Crippen LogP contribution in [0, 0.1) is 24.3 Å². The normalized spacial score (nSPS) is 10.7. The fraction of sp³-hybridized carbons (Fsp3) is 0.0500. The Balaban J connectivity index is 0.00000216. The van der Waals surface area contributed by atoms with Crippen molar-refractivity contribution in [3.8, 4) is 51.5 Å². The number of nitrogens with zero attached hydrogens (tertiary/aromatic N) is 6. The summed E-state index contributed by atoms with van der Waals surface area (Å²) in [6.07, 6.45) is 7.10. The monoisotopic (exact) mass is 923 g/mol. The van der Waals surface area contributed by atoms with Crippen molar-refractivity contribution in [3.05, 3.63) is 146 Å². The molecule has 0 aliphatic heterocycles. The Kier molecular flexibility index (Phi) is 10.5. The van der Waals surface area contributed by atoms with Crippen LogP contribution in [0.3, 0.4) is 0 Å². The molecule has 0 aliphatic carbocycles. The fourth-order valence-corrected chi connectivity index (χ4v) is 5.40. The maximum absolute atomic E-state index is 6.29. The Morgan fingerprint density at radius 1 is 0.540 bits per heavy atom. The van der Waals surface area contributed by atoms with Gasteiger partial charge in [-0.3, -0.25) is 0 Å². The predicted molar refractivity (Wildman–Crippen MR) is 186 cm³/mol. The summed E-state index contributed by atoms with van der Waals surface area (Å²) in [5, 5.41) is 1.88. The second kappa shape index (κ2) is 15.1. The molecule has 4 aromatic carbocycles. The van der Waals surface area contributed by atoms with E-state index < -0.39 is 0 Å². The zero-order chi connectivity index (χ0) is 32.5. The van der Waals surface area contributed by atoms with Gasteiger partial charge in [-0.1, -0.05) is 47.4 Å². The van der Waals surface area contributed by atoms with E-state index >= 15 is 0 Å². The molecule has 0 N–H and O–H groups in total. The van der Waals surface area contributed by atoms with Crippen molar-refractivity contribution in [1.82, 2.24) is 24.5 Å². The van der Waals surface area contributed by atoms with Crippen LogP contribution in [0.1, 0.15) is 0 Å². The van der Waals surface area contributed by atoms with E-state index in [4.69, 9.17) is 19.4 Å². The molecule has 0 atom stereocenters. The van der Waals surface area contributed by atoms with Crippen LogP contribution in [-0.2, 0) is 41.5 Å². The third-order valence-corrected chi connectivity index (χ3v) is 7.73. The third-order valence-electron chi connectivity index (χ3n) is 7.73. The van der Waals surface area contributed by atoms with Gasteiger partial charge in [-0.2, -0.15) is 22.9 Å². The maximum Gasteiger partial charge on any atom is 2.00 e. The average molecular weight is 924 g/mol. The topological polar surface area (TPSA) is 78.2 Å². The summed E-state index contributed by atoms with van der Waals surface area (Å²) in [5.41, 5.74) is 5.65. The number of fused-ring (bicyclic) bond motifs is 3. The number of hydrogen-bond acceptors (Lipinski definition) is 7. The Morgan fingerprint density at radius 2 is 1.02 bits per heavy atom. The van der Waals surface area contributed by atoms with Crippen molar-refractivity contribution >= 4 is 27.5 Å². The Labute approximate surface area is 317 Å². The number of anilines is 1. The van der Waals surface area contributed by atoms with Gasteiger partial charge in [-0.05, 0) is 23.5 Å². The minimum absolute atomic E-state index is 0. The van der Waals surface area contributed by atoms with Crippen LogP contribution in [0.25, 0.3) is 50.3 Å². The van der Waals surface area contributed by atoms with Crippen molar-refractivity contribution in [2.45, 2.75) is 0 Å². The van der Waals surface area contributed by atoms with Crippen LogP contribution in [-0.4, -0.2) is 38.6 Å². The summed E-state index contributed by atoms with van der Waals surface area (Å²) in [4.78, 5) is 20.3. The summed E-state index contributed by atoms with van der Waals surface area (Å²) in [7, 11) is 3.90. The van der Waals surface area contributed by atoms with E-state index in [0.717, 1.165) is 50.0 Å². The maximum atomic E-state index is 6.29. The molecule has 50 heavy (non-hydrogen) atoms. The van der Waals surface area contributed by atoms with Gasteiger partial charge in [0, 0.05) is 49.5 Å². The summed E-state index contributed by atoms with van der Waals surface area (Å²) < 4.78 is 14.5. The number of hydrogen-bond donors (Lipinski definition) is 0. The minimum Gasteiger partial charge on any atom is -0.503 e. The van der Waals surface area contributed by atoms with Gasteiger partial charge < -0.3 is 28.9 Å². The number of pyridine rings is 2. The number of benzene rings is 4. The molecule has 0 fully saturated rings. The van der Waals surface area contributed by atoms with Crippen LogP contribution >= 0.6 is 0 Å². The first-order chi connectivity index (χ1) is 23.6. The van der Waals surface area contributed by atoms with Gasteiger partial charge in [-0.15, -0.1) is 71.8 Å². The van der Waals surface area contributed by atoms with E-state index in [9.17, 15) is 0 Å². The molecule has 0 saturated heterocycles. The van der Waals surface area contributed by atoms with Crippen LogP contribution in [0.15, 0.2) is 122 Å². The van der Waals surface area contributed by atoms with Crippen LogP contribution < -0.4 is 14.4 Å². The zero-order valence-electron chi connectivity index (χ0n) is 26.7. The van der Waals surface area contributed by atoms with Gasteiger partial charge in [0.2, 0.25) is 5.95 Å². The van der Waals surface area contributed by atoms with E-state index in [0.29, 0.717) is 28.9 Å². The van der Waals surface area contributed by atoms with Crippen molar-refractivity contribution in [1.29, 1.82) is 0 Å². The van der Waals surface area contributed by atoms with Crippen molar-refractivity contribution in [3.63, 3.8) is 0 Å². The first-order valence-electron chi connectivity index (χ1n) is 15.2. The molecule has 248 valence electrons. The van der Waals surface area contributed by atoms with Crippen molar-refractivity contribution < 1.29 is 51.0 Å². The van der Waals surface area contributed by atoms with E-state index in [1.807, 2.05) is 121 Å². The quantitative estimate of drug-likeness (QED) is 0.112. The Morgan fingerprint density at radius 3 is 1.46 bits per heavy atom. The minimum atomic E-state index is 0. The van der Waals surface area contributed by atoms with E-state index in [-0.39, 0.29) is 41.5 Å². The molecule has 4 heterocycles. The fourth-order valence-electron chi connectivity index (χ4n) is 5.40. The average Bonchev–Trinajstić information content (AvgIpc) is 3.45. The molecule has 0 saturated carbocycles. The molecule has 0 radical (unpaired) electrons. The molecule has 8 aromatic rings. The van der Waals surface area contributed by atoms with Crippen LogP contribution in [0.5, 0.6) is 23.0 Å². The van der Waals surface area contributed by atoms with Gasteiger partial charge in [-0.25, -0.2) is 9.97 Å². The SMILES string of the molecule is CN(C)c1cnc(-n2c3[c-]c(Oc4[c-]c(-c5ccccn5)ccc4)ccc3c3ccc(Oc4[c-]c(-c5ccccn5)ccc4)[c-]c32)nc1.[Pd+2].[Pt+2]. The molecular weight excluding hydrogens is 898 g/mol. The van der Waals surface area contributed by atoms with E-state index in [2.05, 4.69) is 34.2 Å². The van der Waals surface area contributed by atoms with Gasteiger partial charge >= 0.3 is 41.5 Å². The molecule has 10 heteroatoms. The summed E-state index contributed by atoms with van der Waals surface area (Å²) >= 11 is 0. The third kappa shape index (κ3) is 7.08. The van der Waals surface area contributed by atoms with Crippen LogP contribution in [0.4, 0.5) is 5.69 Å². The number of aromatic nitrogens is 5. The first-order valence-corrected chi connectivity index (χ1v) is 15.2. The molecule has 0 spiro atoms. The predicted octanol–water partition coefficient (Wildman–Crippen LogP) is 8.54. The molecule has 4 aromatic heterocycles. The molecule has 8 nitrogen and oxygen atoms in total.